The van der Waals surface area contributed by atoms with E-state index in [1.165, 1.54) is 12.5 Å². The van der Waals surface area contributed by atoms with E-state index in [1.54, 1.807) is 6.92 Å². The zero-order valence-corrected chi connectivity index (χ0v) is 38.1. The summed E-state index contributed by atoms with van der Waals surface area (Å²) in [6.45, 7) is 16.4. The average molecular weight is 901 g/mol. The van der Waals surface area contributed by atoms with Gasteiger partial charge in [0.05, 0.1) is 30.5 Å². The maximum Gasteiger partial charge on any atom is 0.190 e. The van der Waals surface area contributed by atoms with Gasteiger partial charge in [-0.3, -0.25) is 0 Å². The Balaban J connectivity index is 1.04. The van der Waals surface area contributed by atoms with Crippen molar-refractivity contribution in [3.05, 3.63) is 11.6 Å². The van der Waals surface area contributed by atoms with Crippen molar-refractivity contribution >= 4 is 0 Å². The van der Waals surface area contributed by atoms with Gasteiger partial charge in [-0.25, -0.2) is 0 Å². The number of fused-ring (bicyclic) bond motifs is 7. The lowest BCUT2D eigenvalue weighted by molar-refractivity contribution is -0.409. The lowest BCUT2D eigenvalue weighted by Crippen LogP contribution is -2.69. The van der Waals surface area contributed by atoms with Gasteiger partial charge in [0.25, 0.3) is 0 Å². The van der Waals surface area contributed by atoms with E-state index in [2.05, 4.69) is 47.6 Å². The van der Waals surface area contributed by atoms with Gasteiger partial charge in [-0.05, 0) is 111 Å². The summed E-state index contributed by atoms with van der Waals surface area (Å²) in [6, 6.07) is 0. The molecule has 17 heteroatoms. The van der Waals surface area contributed by atoms with E-state index in [4.69, 9.17) is 28.4 Å². The van der Waals surface area contributed by atoms with Gasteiger partial charge in [-0.1, -0.05) is 53.2 Å². The van der Waals surface area contributed by atoms with E-state index in [1.807, 2.05) is 0 Å². The first kappa shape index (κ1) is 48.5. The molecule has 362 valence electrons. The van der Waals surface area contributed by atoms with Gasteiger partial charge in [0.15, 0.2) is 25.2 Å². The number of hydrogen-bond donors (Lipinski definition) is 11. The Morgan fingerprint density at radius 1 is 0.619 bits per heavy atom. The third-order valence-electron chi connectivity index (χ3n) is 18.7. The molecule has 25 atom stereocenters. The van der Waals surface area contributed by atoms with Crippen LogP contribution in [0, 0.1) is 44.8 Å². The standard InChI is InChI=1S/C46H76O17/c1-20-28(49)30(51)34(55)38(58-20)61-35-31(52)29(50)23(19-47)59-39(35)62-36-32(53)33(54)37(56)63-40(36)60-27-12-13-43(5)24-10-9-21-22-17-41(2,3)18-26(48)42(22,4)15-16-44(21,6)45(24,7)14-11-25(43)46(27,8)57/h9,20,22-40,47-57H,10-19H2,1-8H3/t20?,22?,23?,24?,25?,26-,27+,28+,29+,30+,31-,32-,33+,34?,35?,36?,37?,38+,39+,40-,42-,43-,44-,45-,46-/m1/s1. The quantitative estimate of drug-likeness (QED) is 0.121. The normalized spacial score (nSPS) is 58.1. The maximum absolute atomic E-state index is 12.8. The summed E-state index contributed by atoms with van der Waals surface area (Å²) in [6.07, 6.45) is -16.9. The van der Waals surface area contributed by atoms with Crippen molar-refractivity contribution in [1.29, 1.82) is 0 Å². The summed E-state index contributed by atoms with van der Waals surface area (Å²) in [4.78, 5) is 0. The summed E-state index contributed by atoms with van der Waals surface area (Å²) in [5, 5.41) is 121. The Morgan fingerprint density at radius 2 is 1.25 bits per heavy atom. The predicted octanol–water partition coefficient (Wildman–Crippen LogP) is 0.322. The van der Waals surface area contributed by atoms with Crippen LogP contribution in [0.2, 0.25) is 0 Å². The lowest BCUT2D eigenvalue weighted by Gasteiger charge is -2.71. The summed E-state index contributed by atoms with van der Waals surface area (Å²) >= 11 is 0. The second kappa shape index (κ2) is 16.6. The van der Waals surface area contributed by atoms with Gasteiger partial charge in [0.2, 0.25) is 0 Å². The van der Waals surface area contributed by atoms with Gasteiger partial charge in [-0.15, -0.1) is 0 Å². The predicted molar refractivity (Wildman–Crippen MR) is 221 cm³/mol. The zero-order valence-electron chi connectivity index (χ0n) is 38.1. The summed E-state index contributed by atoms with van der Waals surface area (Å²) in [7, 11) is 0. The van der Waals surface area contributed by atoms with Gasteiger partial charge in [0, 0.05) is 5.41 Å². The minimum absolute atomic E-state index is 0.0318. The lowest BCUT2D eigenvalue weighted by atomic mass is 9.34. The van der Waals surface area contributed by atoms with Crippen LogP contribution in [0.5, 0.6) is 0 Å². The van der Waals surface area contributed by atoms with Crippen molar-refractivity contribution < 1.29 is 84.6 Å². The molecule has 0 aromatic carbocycles. The van der Waals surface area contributed by atoms with Crippen LogP contribution in [0.3, 0.4) is 0 Å². The Labute approximate surface area is 370 Å². The van der Waals surface area contributed by atoms with E-state index < -0.39 is 111 Å². The van der Waals surface area contributed by atoms with Crippen LogP contribution in [-0.2, 0) is 28.4 Å². The molecule has 4 saturated carbocycles. The second-order valence-corrected chi connectivity index (χ2v) is 22.8. The molecule has 0 aromatic rings. The minimum atomic E-state index is -1.94. The van der Waals surface area contributed by atoms with Crippen LogP contribution in [0.4, 0.5) is 0 Å². The minimum Gasteiger partial charge on any atom is -0.394 e. The monoisotopic (exact) mass is 901 g/mol. The van der Waals surface area contributed by atoms with Crippen LogP contribution in [0.25, 0.3) is 0 Å². The molecule has 7 fully saturated rings. The smallest absolute Gasteiger partial charge is 0.190 e. The molecule has 11 N–H and O–H groups in total. The first-order valence-electron chi connectivity index (χ1n) is 23.3. The molecule has 0 amide bonds. The van der Waals surface area contributed by atoms with Crippen molar-refractivity contribution in [3.63, 3.8) is 0 Å². The SMILES string of the molecule is CC1O[C@@H](OC2[C@H](OC3[C@H](O[C@H]4CC[C@@]5(C)C(CC[C@]6(C)C5CC=C5C7CC(C)(C)C[C@@H](O)[C@]7(C)CC[C@]56C)[C@@]4(C)O)OC(O)[C@@H](O)[C@H]3O)OC(CO)[C@H](O)[C@H]2O)C(O)[C@@H](O)[C@H]1O. The number of allylic oxidation sites excluding steroid dienone is 2. The summed E-state index contributed by atoms with van der Waals surface area (Å²) in [5.74, 6) is 0.298. The highest BCUT2D eigenvalue weighted by Gasteiger charge is 2.70. The van der Waals surface area contributed by atoms with Gasteiger partial charge in [0.1, 0.15) is 61.0 Å². The van der Waals surface area contributed by atoms with Crippen LogP contribution in [0.1, 0.15) is 113 Å². The van der Waals surface area contributed by atoms with Crippen LogP contribution in [-0.4, -0.2) is 173 Å². The molecule has 0 aromatic heterocycles. The Hall–Kier alpha value is -0.940. The van der Waals surface area contributed by atoms with Crippen molar-refractivity contribution in [2.75, 3.05) is 6.61 Å². The fraction of sp³-hybridized carbons (Fsp3) is 0.957. The van der Waals surface area contributed by atoms with E-state index >= 15 is 0 Å². The van der Waals surface area contributed by atoms with Crippen molar-refractivity contribution in [2.45, 2.75) is 223 Å². The molecule has 3 heterocycles. The number of hydrogen-bond acceptors (Lipinski definition) is 17. The van der Waals surface area contributed by atoms with Crippen molar-refractivity contribution in [2.24, 2.45) is 44.8 Å². The zero-order chi connectivity index (χ0) is 46.1. The molecule has 8 aliphatic rings. The molecule has 0 radical (unpaired) electrons. The van der Waals surface area contributed by atoms with E-state index in [-0.39, 0.29) is 45.0 Å². The Kier molecular flexibility index (Phi) is 12.8. The number of aliphatic hydroxyl groups excluding tert-OH is 10. The molecule has 8 rings (SSSR count). The highest BCUT2D eigenvalue weighted by Crippen LogP contribution is 2.75. The third kappa shape index (κ3) is 7.54. The topological polar surface area (TPSA) is 278 Å². The first-order chi connectivity index (χ1) is 29.3. The number of aliphatic hydroxyl groups is 11. The Morgan fingerprint density at radius 3 is 1.92 bits per heavy atom. The molecule has 3 aliphatic heterocycles. The van der Waals surface area contributed by atoms with E-state index in [0.717, 1.165) is 38.5 Å². The second-order valence-electron chi connectivity index (χ2n) is 22.8. The first-order valence-corrected chi connectivity index (χ1v) is 23.3. The van der Waals surface area contributed by atoms with Gasteiger partial charge >= 0.3 is 0 Å². The van der Waals surface area contributed by atoms with E-state index in [9.17, 15) is 56.2 Å². The van der Waals surface area contributed by atoms with Crippen LogP contribution < -0.4 is 0 Å². The Bertz CT molecular complexity index is 1700. The van der Waals surface area contributed by atoms with Gasteiger partial charge in [-0.2, -0.15) is 0 Å². The van der Waals surface area contributed by atoms with E-state index in [0.29, 0.717) is 25.2 Å². The molecule has 17 nitrogen and oxygen atoms in total. The fourth-order valence-electron chi connectivity index (χ4n) is 14.5. The molecule has 3 saturated heterocycles. The van der Waals surface area contributed by atoms with Crippen molar-refractivity contribution in [3.8, 4) is 0 Å². The molecule has 0 bridgehead atoms. The molecular formula is C46H76O17. The average Bonchev–Trinajstić information content (AvgIpc) is 3.21. The molecule has 0 spiro atoms. The van der Waals surface area contributed by atoms with Crippen LogP contribution >= 0.6 is 0 Å². The van der Waals surface area contributed by atoms with Gasteiger partial charge < -0.3 is 84.6 Å². The molecule has 9 unspecified atom stereocenters. The summed E-state index contributed by atoms with van der Waals surface area (Å²) in [5.41, 5.74) is -0.554. The summed E-state index contributed by atoms with van der Waals surface area (Å²) < 4.78 is 35.7. The third-order valence-corrected chi connectivity index (χ3v) is 18.7. The van der Waals surface area contributed by atoms with Crippen molar-refractivity contribution in [1.82, 2.24) is 0 Å². The maximum atomic E-state index is 12.8. The van der Waals surface area contributed by atoms with Crippen LogP contribution in [0.15, 0.2) is 11.6 Å². The highest BCUT2D eigenvalue weighted by atomic mass is 16.8. The number of ether oxygens (including phenoxy) is 6. The highest BCUT2D eigenvalue weighted by molar-refractivity contribution is 5.34. The molecular weight excluding hydrogens is 824 g/mol. The molecule has 63 heavy (non-hydrogen) atoms. The fourth-order valence-corrected chi connectivity index (χ4v) is 14.5. The largest absolute Gasteiger partial charge is 0.394 e. The number of rotatable bonds is 7. The molecule has 5 aliphatic carbocycles.